The first kappa shape index (κ1) is 20.3. The van der Waals surface area contributed by atoms with Crippen molar-refractivity contribution in [3.05, 3.63) is 53.9 Å². The van der Waals surface area contributed by atoms with Gasteiger partial charge < -0.3 is 18.9 Å². The van der Waals surface area contributed by atoms with Crippen molar-refractivity contribution in [3.63, 3.8) is 0 Å². The van der Waals surface area contributed by atoms with Crippen LogP contribution in [-0.2, 0) is 11.3 Å². The van der Waals surface area contributed by atoms with Crippen LogP contribution < -0.4 is 9.47 Å². The summed E-state index contributed by atoms with van der Waals surface area (Å²) >= 11 is 1.70. The van der Waals surface area contributed by atoms with Gasteiger partial charge >= 0.3 is 0 Å². The fraction of sp³-hybridized carbons (Fsp3) is 0.318. The number of rotatable bonds is 7. The average Bonchev–Trinajstić information content (AvgIpc) is 3.41. The number of likely N-dealkylation sites (tertiary alicyclic amines) is 1. The Morgan fingerprint density at radius 1 is 1.13 bits per heavy atom. The average molecular weight is 426 g/mol. The molecule has 2 heterocycles. The van der Waals surface area contributed by atoms with Crippen LogP contribution in [0.4, 0.5) is 0 Å². The number of hydrogen-bond acceptors (Lipinski definition) is 7. The standard InChI is InChI=1S/C22H23N3O4S/c1-27-17-8-15(9-18(11-17)28-2)22-23-21(24-29-22)16-10-20(26)25(13-16)12-14-4-6-19(30-3)7-5-14/h4-9,11,16H,10,12-13H2,1-3H3. The lowest BCUT2D eigenvalue weighted by Gasteiger charge is -2.16. The van der Waals surface area contributed by atoms with Crippen molar-refractivity contribution >= 4 is 17.7 Å². The molecular formula is C22H23N3O4S. The first-order valence-corrected chi connectivity index (χ1v) is 10.8. The lowest BCUT2D eigenvalue weighted by atomic mass is 10.1. The molecule has 1 atom stereocenters. The SMILES string of the molecule is COc1cc(OC)cc(-c2nc(C3CC(=O)N(Cc4ccc(SC)cc4)C3)no2)c1. The Bertz CT molecular complexity index is 1010. The zero-order valence-electron chi connectivity index (χ0n) is 17.1. The van der Waals surface area contributed by atoms with E-state index in [0.717, 1.165) is 5.56 Å². The van der Waals surface area contributed by atoms with Gasteiger partial charge in [0.25, 0.3) is 5.89 Å². The number of carbonyl (C=O) groups excluding carboxylic acids is 1. The van der Waals surface area contributed by atoms with E-state index >= 15 is 0 Å². The second-order valence-corrected chi connectivity index (χ2v) is 7.96. The Kier molecular flexibility index (Phi) is 5.94. The summed E-state index contributed by atoms with van der Waals surface area (Å²) in [6.45, 7) is 1.16. The van der Waals surface area contributed by atoms with Gasteiger partial charge in [0.15, 0.2) is 5.82 Å². The van der Waals surface area contributed by atoms with Crippen molar-refractivity contribution in [2.45, 2.75) is 23.8 Å². The summed E-state index contributed by atoms with van der Waals surface area (Å²) in [5.41, 5.74) is 1.82. The van der Waals surface area contributed by atoms with Crippen molar-refractivity contribution in [2.75, 3.05) is 27.0 Å². The lowest BCUT2D eigenvalue weighted by Crippen LogP contribution is -2.24. The Labute approximate surface area is 179 Å². The van der Waals surface area contributed by atoms with Crippen LogP contribution in [0.3, 0.4) is 0 Å². The second-order valence-electron chi connectivity index (χ2n) is 7.08. The molecule has 4 rings (SSSR count). The number of amides is 1. The second kappa shape index (κ2) is 8.79. The smallest absolute Gasteiger partial charge is 0.258 e. The number of methoxy groups -OCH3 is 2. The van der Waals surface area contributed by atoms with Crippen LogP contribution in [0, 0.1) is 0 Å². The monoisotopic (exact) mass is 425 g/mol. The number of aromatic nitrogens is 2. The van der Waals surface area contributed by atoms with Gasteiger partial charge in [0.05, 0.1) is 14.2 Å². The molecule has 0 aliphatic carbocycles. The van der Waals surface area contributed by atoms with Gasteiger partial charge in [-0.2, -0.15) is 4.98 Å². The van der Waals surface area contributed by atoms with Crippen LogP contribution >= 0.6 is 11.8 Å². The quantitative estimate of drug-likeness (QED) is 0.530. The van der Waals surface area contributed by atoms with Crippen LogP contribution in [0.5, 0.6) is 11.5 Å². The Morgan fingerprint density at radius 2 is 1.83 bits per heavy atom. The zero-order chi connectivity index (χ0) is 21.1. The van der Waals surface area contributed by atoms with Gasteiger partial charge in [-0.1, -0.05) is 17.3 Å². The van der Waals surface area contributed by atoms with E-state index in [9.17, 15) is 4.79 Å². The van der Waals surface area contributed by atoms with E-state index < -0.39 is 0 Å². The van der Waals surface area contributed by atoms with E-state index in [1.54, 1.807) is 32.0 Å². The Balaban J connectivity index is 1.48. The third-order valence-corrected chi connectivity index (χ3v) is 5.90. The highest BCUT2D eigenvalue weighted by atomic mass is 32.2. The molecular weight excluding hydrogens is 402 g/mol. The minimum Gasteiger partial charge on any atom is -0.497 e. The molecule has 2 aromatic carbocycles. The number of hydrogen-bond donors (Lipinski definition) is 0. The highest BCUT2D eigenvalue weighted by Crippen LogP contribution is 2.32. The summed E-state index contributed by atoms with van der Waals surface area (Å²) in [4.78, 5) is 20.1. The third-order valence-electron chi connectivity index (χ3n) is 5.15. The van der Waals surface area contributed by atoms with E-state index in [4.69, 9.17) is 14.0 Å². The normalized spacial score (nSPS) is 16.2. The fourth-order valence-corrected chi connectivity index (χ4v) is 3.91. The summed E-state index contributed by atoms with van der Waals surface area (Å²) in [5, 5.41) is 4.13. The van der Waals surface area contributed by atoms with Gasteiger partial charge in [0, 0.05) is 42.0 Å². The Morgan fingerprint density at radius 3 is 2.47 bits per heavy atom. The molecule has 1 fully saturated rings. The van der Waals surface area contributed by atoms with Gasteiger partial charge in [-0.15, -0.1) is 11.8 Å². The predicted octanol–water partition coefficient (Wildman–Crippen LogP) is 3.99. The fourth-order valence-electron chi connectivity index (χ4n) is 3.50. The molecule has 1 aromatic heterocycles. The van der Waals surface area contributed by atoms with Gasteiger partial charge in [0.2, 0.25) is 5.91 Å². The highest BCUT2D eigenvalue weighted by molar-refractivity contribution is 7.98. The molecule has 1 aliphatic rings. The number of benzene rings is 2. The maximum Gasteiger partial charge on any atom is 0.258 e. The number of thioether (sulfide) groups is 1. The molecule has 0 spiro atoms. The zero-order valence-corrected chi connectivity index (χ0v) is 17.9. The molecule has 156 valence electrons. The van der Waals surface area contributed by atoms with Crippen LogP contribution in [0.2, 0.25) is 0 Å². The summed E-state index contributed by atoms with van der Waals surface area (Å²) in [6, 6.07) is 13.7. The number of carbonyl (C=O) groups is 1. The molecule has 30 heavy (non-hydrogen) atoms. The molecule has 0 bridgehead atoms. The van der Waals surface area contributed by atoms with Gasteiger partial charge in [-0.25, -0.2) is 0 Å². The third kappa shape index (κ3) is 4.28. The molecule has 8 heteroatoms. The van der Waals surface area contributed by atoms with E-state index in [0.29, 0.717) is 48.3 Å². The minimum atomic E-state index is -0.0898. The molecule has 0 saturated carbocycles. The summed E-state index contributed by atoms with van der Waals surface area (Å²) in [7, 11) is 3.18. The van der Waals surface area contributed by atoms with Crippen molar-refractivity contribution in [1.29, 1.82) is 0 Å². The maximum absolute atomic E-state index is 12.5. The number of ether oxygens (including phenoxy) is 2. The van der Waals surface area contributed by atoms with Gasteiger partial charge in [-0.05, 0) is 36.1 Å². The molecule has 1 amide bonds. The van der Waals surface area contributed by atoms with Crippen LogP contribution in [0.1, 0.15) is 23.7 Å². The van der Waals surface area contributed by atoms with Crippen LogP contribution in [-0.4, -0.2) is 48.0 Å². The molecule has 0 radical (unpaired) electrons. The summed E-state index contributed by atoms with van der Waals surface area (Å²) < 4.78 is 16.1. The van der Waals surface area contributed by atoms with Crippen molar-refractivity contribution in [2.24, 2.45) is 0 Å². The lowest BCUT2D eigenvalue weighted by molar-refractivity contribution is -0.128. The molecule has 0 N–H and O–H groups in total. The molecule has 1 saturated heterocycles. The summed E-state index contributed by atoms with van der Waals surface area (Å²) in [6.07, 6.45) is 2.42. The van der Waals surface area contributed by atoms with E-state index in [-0.39, 0.29) is 11.8 Å². The van der Waals surface area contributed by atoms with Crippen molar-refractivity contribution < 1.29 is 18.8 Å². The minimum absolute atomic E-state index is 0.0898. The van der Waals surface area contributed by atoms with E-state index in [1.807, 2.05) is 23.3 Å². The van der Waals surface area contributed by atoms with Crippen LogP contribution in [0.15, 0.2) is 51.9 Å². The summed E-state index contributed by atoms with van der Waals surface area (Å²) in [5.74, 6) is 2.20. The highest BCUT2D eigenvalue weighted by Gasteiger charge is 2.33. The number of nitrogens with zero attached hydrogens (tertiary/aromatic N) is 3. The molecule has 7 nitrogen and oxygen atoms in total. The molecule has 1 aliphatic heterocycles. The van der Waals surface area contributed by atoms with Crippen molar-refractivity contribution in [3.8, 4) is 23.0 Å². The van der Waals surface area contributed by atoms with Crippen LogP contribution in [0.25, 0.3) is 11.5 Å². The van der Waals surface area contributed by atoms with E-state index in [1.165, 1.54) is 4.90 Å². The molecule has 1 unspecified atom stereocenters. The maximum atomic E-state index is 12.5. The van der Waals surface area contributed by atoms with Gasteiger partial charge in [0.1, 0.15) is 11.5 Å². The largest absolute Gasteiger partial charge is 0.497 e. The first-order chi connectivity index (χ1) is 14.6. The Hall–Kier alpha value is -3.00. The topological polar surface area (TPSA) is 77.7 Å². The molecule has 3 aromatic rings. The first-order valence-electron chi connectivity index (χ1n) is 9.57. The van der Waals surface area contributed by atoms with Crippen molar-refractivity contribution in [1.82, 2.24) is 15.0 Å². The predicted molar refractivity (Wildman–Crippen MR) is 114 cm³/mol. The van der Waals surface area contributed by atoms with Gasteiger partial charge in [-0.3, -0.25) is 4.79 Å². The van der Waals surface area contributed by atoms with E-state index in [2.05, 4.69) is 34.4 Å².